The van der Waals surface area contributed by atoms with Crippen molar-refractivity contribution in [3.05, 3.63) is 0 Å². The van der Waals surface area contributed by atoms with E-state index in [-0.39, 0.29) is 23.9 Å². The lowest BCUT2D eigenvalue weighted by Crippen LogP contribution is -2.50. The molecule has 5 heteroatoms. The van der Waals surface area contributed by atoms with Crippen molar-refractivity contribution in [3.63, 3.8) is 0 Å². The molecule has 2 amide bonds. The van der Waals surface area contributed by atoms with Gasteiger partial charge < -0.3 is 15.4 Å². The maximum absolute atomic E-state index is 11.8. The molecule has 0 aromatic carbocycles. The summed E-state index contributed by atoms with van der Waals surface area (Å²) in [5.41, 5.74) is 0. The summed E-state index contributed by atoms with van der Waals surface area (Å²) in [7, 11) is 0. The molecular weight excluding hydrogens is 280 g/mol. The molecule has 0 aromatic heterocycles. The van der Waals surface area contributed by atoms with E-state index >= 15 is 0 Å². The molecule has 0 saturated carbocycles. The number of hydrogen-bond acceptors (Lipinski definition) is 3. The van der Waals surface area contributed by atoms with E-state index < -0.39 is 0 Å². The van der Waals surface area contributed by atoms with Gasteiger partial charge in [0.1, 0.15) is 0 Å². The van der Waals surface area contributed by atoms with Crippen molar-refractivity contribution < 1.29 is 14.3 Å². The normalized spacial score (nSPS) is 21.4. The maximum atomic E-state index is 11.8. The third kappa shape index (κ3) is 8.37. The fourth-order valence-corrected chi connectivity index (χ4v) is 2.70. The predicted molar refractivity (Wildman–Crippen MR) is 87.6 cm³/mol. The second kappa shape index (κ2) is 11.5. The number of carbonyl (C=O) groups excluding carboxylic acids is 2. The van der Waals surface area contributed by atoms with E-state index in [0.717, 1.165) is 44.9 Å². The van der Waals surface area contributed by atoms with Crippen molar-refractivity contribution in [1.29, 1.82) is 0 Å². The Morgan fingerprint density at radius 1 is 0.864 bits per heavy atom. The van der Waals surface area contributed by atoms with Crippen molar-refractivity contribution in [1.82, 2.24) is 10.6 Å². The largest absolute Gasteiger partial charge is 0.377 e. The lowest BCUT2D eigenvalue weighted by atomic mass is 10.0. The summed E-state index contributed by atoms with van der Waals surface area (Å²) in [4.78, 5) is 23.7. The quantitative estimate of drug-likeness (QED) is 0.609. The van der Waals surface area contributed by atoms with Crippen LogP contribution < -0.4 is 10.6 Å². The molecule has 5 nitrogen and oxygen atoms in total. The summed E-state index contributed by atoms with van der Waals surface area (Å²) in [5.74, 6) is 0.189. The molecule has 128 valence electrons. The lowest BCUT2D eigenvalue weighted by molar-refractivity contribution is -0.124. The minimum atomic E-state index is 0.0174. The first-order valence-electron chi connectivity index (χ1n) is 8.82. The topological polar surface area (TPSA) is 67.4 Å². The monoisotopic (exact) mass is 312 g/mol. The SMILES string of the molecule is CCCCCC(=O)N[C@@H]1COC[C@H](NC(=O)CCCCC)C1. The molecule has 0 unspecified atom stereocenters. The van der Waals surface area contributed by atoms with E-state index in [2.05, 4.69) is 24.5 Å². The zero-order valence-electron chi connectivity index (χ0n) is 14.2. The Balaban J connectivity index is 2.23. The third-order valence-corrected chi connectivity index (χ3v) is 3.95. The average molecular weight is 312 g/mol. The fraction of sp³-hybridized carbons (Fsp3) is 0.882. The summed E-state index contributed by atoms with van der Waals surface area (Å²) >= 11 is 0. The highest BCUT2D eigenvalue weighted by atomic mass is 16.5. The molecule has 0 spiro atoms. The van der Waals surface area contributed by atoms with Crippen LogP contribution in [0.25, 0.3) is 0 Å². The minimum Gasteiger partial charge on any atom is -0.377 e. The summed E-state index contributed by atoms with van der Waals surface area (Å²) in [6.07, 6.45) is 8.21. The molecule has 1 aliphatic rings. The van der Waals surface area contributed by atoms with Crippen molar-refractivity contribution in [2.75, 3.05) is 13.2 Å². The van der Waals surface area contributed by atoms with Crippen LogP contribution in [0.1, 0.15) is 71.6 Å². The molecule has 1 heterocycles. The van der Waals surface area contributed by atoms with Gasteiger partial charge in [-0.15, -0.1) is 0 Å². The van der Waals surface area contributed by atoms with Gasteiger partial charge >= 0.3 is 0 Å². The Hall–Kier alpha value is -1.10. The van der Waals surface area contributed by atoms with Crippen molar-refractivity contribution in [2.45, 2.75) is 83.7 Å². The number of rotatable bonds is 10. The highest BCUT2D eigenvalue weighted by Crippen LogP contribution is 2.09. The molecule has 0 aliphatic carbocycles. The molecule has 1 aliphatic heterocycles. The van der Waals surface area contributed by atoms with Crippen molar-refractivity contribution in [3.8, 4) is 0 Å². The van der Waals surface area contributed by atoms with Gasteiger partial charge in [0.25, 0.3) is 0 Å². The smallest absolute Gasteiger partial charge is 0.220 e. The number of nitrogens with one attached hydrogen (secondary N) is 2. The Kier molecular flexibility index (Phi) is 9.87. The van der Waals surface area contributed by atoms with Crippen LogP contribution in [0.4, 0.5) is 0 Å². The molecular formula is C17H32N2O3. The highest BCUT2D eigenvalue weighted by Gasteiger charge is 2.24. The fourth-order valence-electron chi connectivity index (χ4n) is 2.70. The second-order valence-electron chi connectivity index (χ2n) is 6.22. The van der Waals surface area contributed by atoms with Crippen LogP contribution in [0, 0.1) is 0 Å². The number of hydrogen-bond donors (Lipinski definition) is 2. The summed E-state index contributed by atoms with van der Waals surface area (Å²) in [5, 5.41) is 6.04. The summed E-state index contributed by atoms with van der Waals surface area (Å²) in [6.45, 7) is 5.34. The first kappa shape index (κ1) is 18.9. The number of unbranched alkanes of at least 4 members (excludes halogenated alkanes) is 4. The molecule has 1 saturated heterocycles. The third-order valence-electron chi connectivity index (χ3n) is 3.95. The Morgan fingerprint density at radius 2 is 1.32 bits per heavy atom. The van der Waals surface area contributed by atoms with Crippen LogP contribution in [-0.4, -0.2) is 37.1 Å². The molecule has 22 heavy (non-hydrogen) atoms. The standard InChI is InChI=1S/C17H32N2O3/c1-3-5-7-9-16(20)18-14-11-15(13-22-12-14)19-17(21)10-8-6-4-2/h14-15H,3-13H2,1-2H3,(H,18,20)(H,19,21)/t14-,15+. The van der Waals surface area contributed by atoms with Gasteiger partial charge in [-0.25, -0.2) is 0 Å². The van der Waals surface area contributed by atoms with Gasteiger partial charge in [0.2, 0.25) is 11.8 Å². The van der Waals surface area contributed by atoms with E-state index in [1.165, 1.54) is 0 Å². The molecule has 1 rings (SSSR count). The number of carbonyl (C=O) groups is 2. The molecule has 0 bridgehead atoms. The van der Waals surface area contributed by atoms with Gasteiger partial charge in [-0.1, -0.05) is 39.5 Å². The zero-order valence-corrected chi connectivity index (χ0v) is 14.2. The highest BCUT2D eigenvalue weighted by molar-refractivity contribution is 5.77. The summed E-state index contributed by atoms with van der Waals surface area (Å²) in [6, 6.07) is 0.0348. The van der Waals surface area contributed by atoms with Gasteiger partial charge in [0.15, 0.2) is 0 Å². The molecule has 0 aromatic rings. The summed E-state index contributed by atoms with van der Waals surface area (Å²) < 4.78 is 5.52. The lowest BCUT2D eigenvalue weighted by Gasteiger charge is -2.30. The van der Waals surface area contributed by atoms with Gasteiger partial charge in [-0.05, 0) is 19.3 Å². The molecule has 1 fully saturated rings. The van der Waals surface area contributed by atoms with Crippen LogP contribution in [-0.2, 0) is 14.3 Å². The van der Waals surface area contributed by atoms with Crippen LogP contribution in [0.3, 0.4) is 0 Å². The van der Waals surface area contributed by atoms with Gasteiger partial charge in [0.05, 0.1) is 25.3 Å². The van der Waals surface area contributed by atoms with Crippen LogP contribution >= 0.6 is 0 Å². The van der Waals surface area contributed by atoms with Crippen molar-refractivity contribution in [2.24, 2.45) is 0 Å². The van der Waals surface area contributed by atoms with E-state index in [1.807, 2.05) is 0 Å². The molecule has 2 N–H and O–H groups in total. The van der Waals surface area contributed by atoms with E-state index in [1.54, 1.807) is 0 Å². The van der Waals surface area contributed by atoms with Gasteiger partial charge in [-0.3, -0.25) is 9.59 Å². The minimum absolute atomic E-state index is 0.0174. The van der Waals surface area contributed by atoms with Gasteiger partial charge in [0, 0.05) is 12.8 Å². The molecule has 2 atom stereocenters. The van der Waals surface area contributed by atoms with E-state index in [0.29, 0.717) is 26.1 Å². The number of ether oxygens (including phenoxy) is 1. The zero-order chi connectivity index (χ0) is 16.2. The average Bonchev–Trinajstić information content (AvgIpc) is 2.48. The van der Waals surface area contributed by atoms with Gasteiger partial charge in [-0.2, -0.15) is 0 Å². The second-order valence-corrected chi connectivity index (χ2v) is 6.22. The van der Waals surface area contributed by atoms with Crippen LogP contribution in [0.5, 0.6) is 0 Å². The first-order valence-corrected chi connectivity index (χ1v) is 8.82. The van der Waals surface area contributed by atoms with Crippen molar-refractivity contribution >= 4 is 11.8 Å². The Morgan fingerprint density at radius 3 is 1.73 bits per heavy atom. The van der Waals surface area contributed by atoms with Crippen LogP contribution in [0.15, 0.2) is 0 Å². The molecule has 0 radical (unpaired) electrons. The predicted octanol–water partition coefficient (Wildman–Crippen LogP) is 2.54. The van der Waals surface area contributed by atoms with Crippen LogP contribution in [0.2, 0.25) is 0 Å². The first-order chi connectivity index (χ1) is 10.7. The number of amides is 2. The maximum Gasteiger partial charge on any atom is 0.220 e. The van der Waals surface area contributed by atoms with E-state index in [4.69, 9.17) is 4.74 Å². The Labute approximate surface area is 134 Å². The van der Waals surface area contributed by atoms with E-state index in [9.17, 15) is 9.59 Å². The Bertz CT molecular complexity index is 304.